The summed E-state index contributed by atoms with van der Waals surface area (Å²) in [5.74, 6) is 0.223. The van der Waals surface area contributed by atoms with Crippen molar-refractivity contribution in [2.24, 2.45) is 0 Å². The molecule has 2 fully saturated rings. The van der Waals surface area contributed by atoms with Gasteiger partial charge in [0.15, 0.2) is 0 Å². The molecule has 144 valence electrons. The van der Waals surface area contributed by atoms with Crippen LogP contribution in [-0.4, -0.2) is 66.4 Å². The molecule has 2 saturated heterocycles. The van der Waals surface area contributed by atoms with Gasteiger partial charge in [-0.3, -0.25) is 14.6 Å². The highest BCUT2D eigenvalue weighted by Crippen LogP contribution is 2.29. The van der Waals surface area contributed by atoms with Gasteiger partial charge in [0.1, 0.15) is 0 Å². The van der Waals surface area contributed by atoms with E-state index in [9.17, 15) is 18.0 Å². The SMILES string of the molecule is O=C(CN1CCN(Cc2ccc(C(F)(F)F)cc2)CC1)N1CCCCC1. The van der Waals surface area contributed by atoms with Crippen molar-refractivity contribution in [2.45, 2.75) is 32.0 Å². The number of amides is 1. The van der Waals surface area contributed by atoms with Crippen LogP contribution in [0, 0.1) is 0 Å². The van der Waals surface area contributed by atoms with E-state index >= 15 is 0 Å². The molecule has 0 aliphatic carbocycles. The maximum atomic E-state index is 12.6. The number of hydrogen-bond acceptors (Lipinski definition) is 3. The monoisotopic (exact) mass is 369 g/mol. The van der Waals surface area contributed by atoms with E-state index in [1.165, 1.54) is 6.42 Å². The Morgan fingerprint density at radius 1 is 0.846 bits per heavy atom. The molecule has 1 aromatic rings. The van der Waals surface area contributed by atoms with Crippen LogP contribution in [-0.2, 0) is 17.5 Å². The highest BCUT2D eigenvalue weighted by atomic mass is 19.4. The number of nitrogens with zero attached hydrogens (tertiary/aromatic N) is 3. The first-order valence-electron chi connectivity index (χ1n) is 9.30. The van der Waals surface area contributed by atoms with Crippen LogP contribution >= 0.6 is 0 Å². The zero-order chi connectivity index (χ0) is 18.6. The third kappa shape index (κ3) is 5.20. The van der Waals surface area contributed by atoms with E-state index in [1.807, 2.05) is 4.90 Å². The van der Waals surface area contributed by atoms with Crippen molar-refractivity contribution >= 4 is 5.91 Å². The van der Waals surface area contributed by atoms with E-state index in [2.05, 4.69) is 9.80 Å². The Morgan fingerprint density at radius 2 is 1.42 bits per heavy atom. The number of likely N-dealkylation sites (tertiary alicyclic amines) is 1. The predicted molar refractivity (Wildman–Crippen MR) is 93.6 cm³/mol. The number of carbonyl (C=O) groups excluding carboxylic acids is 1. The van der Waals surface area contributed by atoms with E-state index in [1.54, 1.807) is 12.1 Å². The third-order valence-corrected chi connectivity index (χ3v) is 5.22. The van der Waals surface area contributed by atoms with Crippen molar-refractivity contribution in [3.63, 3.8) is 0 Å². The first kappa shape index (κ1) is 19.2. The van der Waals surface area contributed by atoms with Crippen molar-refractivity contribution < 1.29 is 18.0 Å². The van der Waals surface area contributed by atoms with Gasteiger partial charge in [-0.1, -0.05) is 12.1 Å². The Labute approximate surface area is 152 Å². The van der Waals surface area contributed by atoms with Gasteiger partial charge in [-0.2, -0.15) is 13.2 Å². The predicted octanol–water partition coefficient (Wildman–Crippen LogP) is 2.84. The molecule has 7 heteroatoms. The molecule has 0 atom stereocenters. The summed E-state index contributed by atoms with van der Waals surface area (Å²) in [5.41, 5.74) is 0.276. The highest BCUT2D eigenvalue weighted by molar-refractivity contribution is 5.78. The largest absolute Gasteiger partial charge is 0.416 e. The number of alkyl halides is 3. The van der Waals surface area contributed by atoms with Crippen LogP contribution in [0.25, 0.3) is 0 Å². The molecule has 4 nitrogen and oxygen atoms in total. The zero-order valence-corrected chi connectivity index (χ0v) is 15.0. The lowest BCUT2D eigenvalue weighted by Gasteiger charge is -2.36. The zero-order valence-electron chi connectivity index (χ0n) is 15.0. The van der Waals surface area contributed by atoms with Crippen LogP contribution < -0.4 is 0 Å². The first-order valence-corrected chi connectivity index (χ1v) is 9.30. The summed E-state index contributed by atoms with van der Waals surface area (Å²) in [7, 11) is 0. The molecular formula is C19H26F3N3O. The Balaban J connectivity index is 1.43. The molecule has 0 unspecified atom stereocenters. The van der Waals surface area contributed by atoms with Crippen LogP contribution in [0.2, 0.25) is 0 Å². The summed E-state index contributed by atoms with van der Waals surface area (Å²) in [6.45, 7) is 6.18. The van der Waals surface area contributed by atoms with Crippen molar-refractivity contribution in [1.29, 1.82) is 0 Å². The topological polar surface area (TPSA) is 26.8 Å². The first-order chi connectivity index (χ1) is 12.4. The van der Waals surface area contributed by atoms with Crippen LogP contribution in [0.4, 0.5) is 13.2 Å². The Morgan fingerprint density at radius 3 is 2.00 bits per heavy atom. The van der Waals surface area contributed by atoms with Crippen LogP contribution in [0.5, 0.6) is 0 Å². The number of benzene rings is 1. The van der Waals surface area contributed by atoms with Gasteiger partial charge in [0.25, 0.3) is 0 Å². The molecule has 2 aliphatic heterocycles. The van der Waals surface area contributed by atoms with Crippen LogP contribution in [0.1, 0.15) is 30.4 Å². The maximum absolute atomic E-state index is 12.6. The Hall–Kier alpha value is -1.60. The van der Waals surface area contributed by atoms with Gasteiger partial charge >= 0.3 is 6.18 Å². The third-order valence-electron chi connectivity index (χ3n) is 5.22. The molecule has 0 spiro atoms. The number of rotatable bonds is 4. The lowest BCUT2D eigenvalue weighted by molar-refractivity contribution is -0.137. The summed E-state index contributed by atoms with van der Waals surface area (Å²) >= 11 is 0. The van der Waals surface area contributed by atoms with E-state index < -0.39 is 11.7 Å². The average molecular weight is 369 g/mol. The summed E-state index contributed by atoms with van der Waals surface area (Å²) in [5, 5.41) is 0. The fourth-order valence-corrected chi connectivity index (χ4v) is 3.60. The van der Waals surface area contributed by atoms with Crippen LogP contribution in [0.15, 0.2) is 24.3 Å². The van der Waals surface area contributed by atoms with Crippen molar-refractivity contribution in [3.8, 4) is 0 Å². The van der Waals surface area contributed by atoms with Gasteiger partial charge < -0.3 is 4.90 Å². The molecule has 0 bridgehead atoms. The lowest BCUT2D eigenvalue weighted by Crippen LogP contribution is -2.50. The van der Waals surface area contributed by atoms with Gasteiger partial charge in [-0.15, -0.1) is 0 Å². The number of hydrogen-bond donors (Lipinski definition) is 0. The smallest absolute Gasteiger partial charge is 0.342 e. The van der Waals surface area contributed by atoms with Crippen molar-refractivity contribution in [3.05, 3.63) is 35.4 Å². The van der Waals surface area contributed by atoms with E-state index in [0.29, 0.717) is 13.1 Å². The van der Waals surface area contributed by atoms with Gasteiger partial charge in [0, 0.05) is 45.8 Å². The second kappa shape index (κ2) is 8.39. The number of piperidine rings is 1. The molecule has 0 saturated carbocycles. The van der Waals surface area contributed by atoms with Crippen molar-refractivity contribution in [2.75, 3.05) is 45.8 Å². The fraction of sp³-hybridized carbons (Fsp3) is 0.632. The molecular weight excluding hydrogens is 343 g/mol. The molecule has 0 N–H and O–H groups in total. The summed E-state index contributed by atoms with van der Waals surface area (Å²) in [6, 6.07) is 5.38. The minimum Gasteiger partial charge on any atom is -0.342 e. The number of carbonyl (C=O) groups is 1. The lowest BCUT2D eigenvalue weighted by atomic mass is 10.1. The molecule has 0 radical (unpaired) electrons. The molecule has 2 aliphatic rings. The maximum Gasteiger partial charge on any atom is 0.416 e. The Bertz CT molecular complexity index is 589. The quantitative estimate of drug-likeness (QED) is 0.817. The minimum atomic E-state index is -4.29. The summed E-state index contributed by atoms with van der Waals surface area (Å²) in [6.07, 6.45) is -0.864. The molecule has 3 rings (SSSR count). The number of halogens is 3. The normalized spacial score (nSPS) is 20.3. The fourth-order valence-electron chi connectivity index (χ4n) is 3.60. The minimum absolute atomic E-state index is 0.223. The van der Waals surface area contributed by atoms with Gasteiger partial charge in [0.05, 0.1) is 12.1 Å². The molecule has 0 aromatic heterocycles. The molecule has 1 aromatic carbocycles. The molecule has 1 amide bonds. The van der Waals surface area contributed by atoms with Crippen LogP contribution in [0.3, 0.4) is 0 Å². The van der Waals surface area contributed by atoms with E-state index in [0.717, 1.165) is 69.8 Å². The molecule has 2 heterocycles. The average Bonchev–Trinajstić information content (AvgIpc) is 2.64. The molecule has 26 heavy (non-hydrogen) atoms. The standard InChI is InChI=1S/C19H26F3N3O/c20-19(21,22)17-6-4-16(5-7-17)14-23-10-12-24(13-11-23)15-18(26)25-8-2-1-3-9-25/h4-7H,1-3,8-15H2. The van der Waals surface area contributed by atoms with Crippen molar-refractivity contribution in [1.82, 2.24) is 14.7 Å². The summed E-state index contributed by atoms with van der Waals surface area (Å²) in [4.78, 5) is 18.7. The van der Waals surface area contributed by atoms with Gasteiger partial charge in [-0.05, 0) is 37.0 Å². The van der Waals surface area contributed by atoms with E-state index in [-0.39, 0.29) is 5.91 Å². The van der Waals surface area contributed by atoms with Gasteiger partial charge in [0.2, 0.25) is 5.91 Å². The second-order valence-electron chi connectivity index (χ2n) is 7.19. The van der Waals surface area contributed by atoms with E-state index in [4.69, 9.17) is 0 Å². The number of piperazine rings is 1. The second-order valence-corrected chi connectivity index (χ2v) is 7.19. The van der Waals surface area contributed by atoms with Gasteiger partial charge in [-0.25, -0.2) is 0 Å². The summed E-state index contributed by atoms with van der Waals surface area (Å²) < 4.78 is 37.8. The Kier molecular flexibility index (Phi) is 6.19. The highest BCUT2D eigenvalue weighted by Gasteiger charge is 2.30.